The highest BCUT2D eigenvalue weighted by molar-refractivity contribution is 7.08. The molecule has 4 N–H and O–H groups in total. The van der Waals surface area contributed by atoms with Crippen LogP contribution >= 0.6 is 11.3 Å². The molecule has 1 atom stereocenters. The molecule has 0 spiro atoms. The Morgan fingerprint density at radius 3 is 3.05 bits per heavy atom. The molecule has 2 heterocycles. The first kappa shape index (κ1) is 12.0. The van der Waals surface area contributed by atoms with Crippen LogP contribution in [0.5, 0.6) is 0 Å². The van der Waals surface area contributed by atoms with Gasteiger partial charge in [0.25, 0.3) is 0 Å². The monoisotopic (exact) mass is 273 g/mol. The highest BCUT2D eigenvalue weighted by Gasteiger charge is 2.19. The Hall–Kier alpha value is -2.01. The third-order valence-electron chi connectivity index (χ3n) is 3.32. The Morgan fingerprint density at radius 2 is 2.32 bits per heavy atom. The lowest BCUT2D eigenvalue weighted by Crippen LogP contribution is -2.08. The summed E-state index contributed by atoms with van der Waals surface area (Å²) in [7, 11) is 0. The lowest BCUT2D eigenvalue weighted by atomic mass is 10.1. The number of thiophene rings is 1. The van der Waals surface area contributed by atoms with Gasteiger partial charge in [0.05, 0.1) is 17.8 Å². The number of nitrogen functional groups attached to an aromatic ring is 1. The predicted molar refractivity (Wildman–Crippen MR) is 79.5 cm³/mol. The molecule has 0 fully saturated rings. The molecule has 19 heavy (non-hydrogen) atoms. The third-order valence-corrected chi connectivity index (χ3v) is 4.02. The van der Waals surface area contributed by atoms with Crippen molar-refractivity contribution in [3.05, 3.63) is 40.1 Å². The van der Waals surface area contributed by atoms with Crippen molar-refractivity contribution in [1.82, 2.24) is 0 Å². The summed E-state index contributed by atoms with van der Waals surface area (Å²) < 4.78 is 0. The van der Waals surface area contributed by atoms with Crippen LogP contribution < -0.4 is 16.4 Å². The van der Waals surface area contributed by atoms with E-state index in [0.29, 0.717) is 12.1 Å². The number of carbonyl (C=O) groups excluding carboxylic acids is 1. The van der Waals surface area contributed by atoms with Crippen molar-refractivity contribution in [3.8, 4) is 0 Å². The van der Waals surface area contributed by atoms with Crippen molar-refractivity contribution < 1.29 is 4.79 Å². The van der Waals surface area contributed by atoms with E-state index in [-0.39, 0.29) is 11.9 Å². The smallest absolute Gasteiger partial charge is 0.228 e. The van der Waals surface area contributed by atoms with E-state index in [2.05, 4.69) is 34.4 Å². The van der Waals surface area contributed by atoms with Crippen molar-refractivity contribution in [2.75, 3.05) is 16.4 Å². The summed E-state index contributed by atoms with van der Waals surface area (Å²) in [6.07, 6.45) is 0.417. The van der Waals surface area contributed by atoms with E-state index < -0.39 is 0 Å². The summed E-state index contributed by atoms with van der Waals surface area (Å²) in [4.78, 5) is 11.4. The molecule has 0 saturated heterocycles. The average Bonchev–Trinajstić information content (AvgIpc) is 2.97. The minimum atomic E-state index is 0.0254. The number of carbonyl (C=O) groups is 1. The van der Waals surface area contributed by atoms with Crippen molar-refractivity contribution in [1.29, 1.82) is 0 Å². The lowest BCUT2D eigenvalue weighted by Gasteiger charge is -2.17. The molecule has 1 aliphatic heterocycles. The van der Waals surface area contributed by atoms with Crippen LogP contribution in [0.2, 0.25) is 0 Å². The number of benzene rings is 1. The summed E-state index contributed by atoms with van der Waals surface area (Å²) in [6.45, 7) is 2.09. The summed E-state index contributed by atoms with van der Waals surface area (Å²) in [5.41, 5.74) is 10.6. The minimum Gasteiger partial charge on any atom is -0.397 e. The van der Waals surface area contributed by atoms with Gasteiger partial charge in [-0.3, -0.25) is 4.79 Å². The summed E-state index contributed by atoms with van der Waals surface area (Å²) in [5.74, 6) is 0.0254. The number of nitrogens with one attached hydrogen (secondary N) is 2. The number of hydrogen-bond donors (Lipinski definition) is 3. The van der Waals surface area contributed by atoms with Gasteiger partial charge >= 0.3 is 0 Å². The fourth-order valence-corrected chi connectivity index (χ4v) is 3.01. The topological polar surface area (TPSA) is 67.1 Å². The van der Waals surface area contributed by atoms with Crippen LogP contribution in [0.1, 0.15) is 24.1 Å². The Kier molecular flexibility index (Phi) is 2.91. The van der Waals surface area contributed by atoms with Crippen LogP contribution in [-0.4, -0.2) is 5.91 Å². The van der Waals surface area contributed by atoms with Crippen LogP contribution in [0.4, 0.5) is 17.1 Å². The molecule has 4 nitrogen and oxygen atoms in total. The molecular formula is C14H15N3OS. The first-order chi connectivity index (χ1) is 9.13. The number of hydrogen-bond acceptors (Lipinski definition) is 4. The zero-order valence-corrected chi connectivity index (χ0v) is 11.4. The number of amides is 1. The SMILES string of the molecule is CC(Nc1cc2c(cc1N)CC(=O)N2)c1ccsc1. The molecule has 3 rings (SSSR count). The molecule has 1 aromatic heterocycles. The molecule has 0 radical (unpaired) electrons. The fraction of sp³-hybridized carbons (Fsp3) is 0.214. The predicted octanol–water partition coefficient (Wildman–Crippen LogP) is 3.00. The molecule has 1 aliphatic rings. The van der Waals surface area contributed by atoms with E-state index >= 15 is 0 Å². The van der Waals surface area contributed by atoms with Crippen molar-refractivity contribution in [2.24, 2.45) is 0 Å². The largest absolute Gasteiger partial charge is 0.397 e. The van der Waals surface area contributed by atoms with Crippen LogP contribution in [0.15, 0.2) is 29.0 Å². The quantitative estimate of drug-likeness (QED) is 0.753. The van der Waals surface area contributed by atoms with Crippen molar-refractivity contribution in [3.63, 3.8) is 0 Å². The molecule has 1 aromatic carbocycles. The highest BCUT2D eigenvalue weighted by Crippen LogP contribution is 2.33. The van der Waals surface area contributed by atoms with E-state index in [4.69, 9.17) is 5.73 Å². The van der Waals surface area contributed by atoms with Gasteiger partial charge in [0.2, 0.25) is 5.91 Å². The molecule has 1 amide bonds. The van der Waals surface area contributed by atoms with Gasteiger partial charge in [-0.1, -0.05) is 0 Å². The van der Waals surface area contributed by atoms with Crippen LogP contribution in [0, 0.1) is 0 Å². The minimum absolute atomic E-state index is 0.0254. The van der Waals surface area contributed by atoms with Crippen molar-refractivity contribution >= 4 is 34.3 Å². The summed E-state index contributed by atoms with van der Waals surface area (Å²) in [5, 5.41) is 10.4. The Morgan fingerprint density at radius 1 is 1.47 bits per heavy atom. The second kappa shape index (κ2) is 4.59. The maximum Gasteiger partial charge on any atom is 0.228 e. The van der Waals surface area contributed by atoms with Gasteiger partial charge in [-0.05, 0) is 47.0 Å². The first-order valence-corrected chi connectivity index (χ1v) is 7.08. The van der Waals surface area contributed by atoms with Gasteiger partial charge in [-0.2, -0.15) is 11.3 Å². The fourth-order valence-electron chi connectivity index (χ4n) is 2.26. The summed E-state index contributed by atoms with van der Waals surface area (Å²) >= 11 is 1.67. The number of rotatable bonds is 3. The first-order valence-electron chi connectivity index (χ1n) is 6.14. The van der Waals surface area contributed by atoms with E-state index in [9.17, 15) is 4.79 Å². The molecule has 0 aliphatic carbocycles. The van der Waals surface area contributed by atoms with E-state index in [0.717, 1.165) is 16.9 Å². The molecule has 98 valence electrons. The third kappa shape index (κ3) is 2.29. The average molecular weight is 273 g/mol. The number of anilines is 3. The Labute approximate surface area is 115 Å². The highest BCUT2D eigenvalue weighted by atomic mass is 32.1. The maximum atomic E-state index is 11.4. The maximum absolute atomic E-state index is 11.4. The molecular weight excluding hydrogens is 258 g/mol. The zero-order valence-electron chi connectivity index (χ0n) is 10.6. The molecule has 5 heteroatoms. The normalized spacial score (nSPS) is 14.9. The second-order valence-electron chi connectivity index (χ2n) is 4.74. The molecule has 0 saturated carbocycles. The van der Waals surface area contributed by atoms with E-state index in [1.807, 2.05) is 12.1 Å². The van der Waals surface area contributed by atoms with E-state index in [1.54, 1.807) is 11.3 Å². The standard InChI is InChI=1S/C14H15N3OS/c1-8(9-2-3-19-7-9)16-13-6-12-10(4-11(13)15)5-14(18)17-12/h2-4,6-8,16H,5,15H2,1H3,(H,17,18). The van der Waals surface area contributed by atoms with Gasteiger partial charge in [0, 0.05) is 11.7 Å². The number of fused-ring (bicyclic) bond motifs is 1. The van der Waals surface area contributed by atoms with Gasteiger partial charge in [0.15, 0.2) is 0 Å². The van der Waals surface area contributed by atoms with Crippen molar-refractivity contribution in [2.45, 2.75) is 19.4 Å². The summed E-state index contributed by atoms with van der Waals surface area (Å²) in [6, 6.07) is 6.06. The van der Waals surface area contributed by atoms with Gasteiger partial charge in [0.1, 0.15) is 0 Å². The Bertz CT molecular complexity index is 622. The van der Waals surface area contributed by atoms with E-state index in [1.165, 1.54) is 5.56 Å². The molecule has 2 aromatic rings. The molecule has 0 bridgehead atoms. The van der Waals surface area contributed by atoms with Gasteiger partial charge in [-0.15, -0.1) is 0 Å². The van der Waals surface area contributed by atoms with Crippen LogP contribution in [-0.2, 0) is 11.2 Å². The number of nitrogens with two attached hydrogens (primary N) is 1. The van der Waals surface area contributed by atoms with Gasteiger partial charge in [-0.25, -0.2) is 0 Å². The second-order valence-corrected chi connectivity index (χ2v) is 5.52. The Balaban J connectivity index is 1.86. The van der Waals surface area contributed by atoms with Gasteiger partial charge < -0.3 is 16.4 Å². The molecule has 1 unspecified atom stereocenters. The lowest BCUT2D eigenvalue weighted by molar-refractivity contribution is -0.115. The van der Waals surface area contributed by atoms with Crippen LogP contribution in [0.25, 0.3) is 0 Å². The van der Waals surface area contributed by atoms with Crippen LogP contribution in [0.3, 0.4) is 0 Å². The zero-order chi connectivity index (χ0) is 13.4.